The van der Waals surface area contributed by atoms with Gasteiger partial charge in [-0.15, -0.1) is 0 Å². The Morgan fingerprint density at radius 2 is 2.04 bits per heavy atom. The molecular weight excluding hydrogens is 350 g/mol. The Bertz CT molecular complexity index is 826. The maximum Gasteiger partial charge on any atom is 0.263 e. The van der Waals surface area contributed by atoms with E-state index >= 15 is 0 Å². The van der Waals surface area contributed by atoms with Crippen molar-refractivity contribution >= 4 is 17.5 Å². The Labute approximate surface area is 158 Å². The zero-order chi connectivity index (χ0) is 18.9. The number of carbonyl (C=O) groups excluding carboxylic acids is 1. The predicted octanol–water partition coefficient (Wildman–Crippen LogP) is 3.72. The number of hydrogen-bond acceptors (Lipinski definition) is 4. The van der Waals surface area contributed by atoms with E-state index in [-0.39, 0.29) is 11.6 Å². The minimum Gasteiger partial charge on any atom is -0.497 e. The van der Waals surface area contributed by atoms with Crippen molar-refractivity contribution in [1.29, 1.82) is 5.26 Å². The molecule has 0 aliphatic rings. The number of hydrogen-bond donors (Lipinski definition) is 2. The van der Waals surface area contributed by atoms with E-state index in [1.165, 1.54) is 6.20 Å². The van der Waals surface area contributed by atoms with Gasteiger partial charge in [-0.1, -0.05) is 35.9 Å². The maximum absolute atomic E-state index is 12.3. The zero-order valence-electron chi connectivity index (χ0n) is 14.6. The first-order valence-electron chi connectivity index (χ1n) is 8.06. The molecule has 0 heterocycles. The second-order valence-electron chi connectivity index (χ2n) is 5.65. The highest BCUT2D eigenvalue weighted by molar-refractivity contribution is 6.30. The summed E-state index contributed by atoms with van der Waals surface area (Å²) in [5, 5.41) is 15.7. The van der Waals surface area contributed by atoms with Crippen LogP contribution in [0.25, 0.3) is 0 Å². The number of rotatable bonds is 7. The van der Waals surface area contributed by atoms with Crippen molar-refractivity contribution in [2.75, 3.05) is 7.11 Å². The van der Waals surface area contributed by atoms with E-state index < -0.39 is 5.91 Å². The highest BCUT2D eigenvalue weighted by Gasteiger charge is 2.13. The number of nitriles is 1. The Morgan fingerprint density at radius 3 is 2.65 bits per heavy atom. The van der Waals surface area contributed by atoms with Crippen LogP contribution >= 0.6 is 11.6 Å². The van der Waals surface area contributed by atoms with Gasteiger partial charge in [0.2, 0.25) is 0 Å². The molecule has 0 radical (unpaired) electrons. The van der Waals surface area contributed by atoms with E-state index in [0.29, 0.717) is 11.6 Å². The van der Waals surface area contributed by atoms with Crippen LogP contribution in [0.2, 0.25) is 5.02 Å². The van der Waals surface area contributed by atoms with Gasteiger partial charge < -0.3 is 15.4 Å². The lowest BCUT2D eigenvalue weighted by Gasteiger charge is -2.14. The summed E-state index contributed by atoms with van der Waals surface area (Å²) in [4.78, 5) is 12.3. The summed E-state index contributed by atoms with van der Waals surface area (Å²) in [7, 11) is 1.60. The average molecular weight is 370 g/mol. The van der Waals surface area contributed by atoms with Gasteiger partial charge in [0.25, 0.3) is 5.91 Å². The second-order valence-corrected chi connectivity index (χ2v) is 6.09. The summed E-state index contributed by atoms with van der Waals surface area (Å²) in [6.45, 7) is 2.32. The molecule has 0 aromatic heterocycles. The fourth-order valence-corrected chi connectivity index (χ4v) is 2.53. The third kappa shape index (κ3) is 5.54. The number of nitrogens with one attached hydrogen (secondary N) is 2. The van der Waals surface area contributed by atoms with Gasteiger partial charge in [-0.2, -0.15) is 5.26 Å². The lowest BCUT2D eigenvalue weighted by molar-refractivity contribution is -0.117. The fourth-order valence-electron chi connectivity index (χ4n) is 2.32. The van der Waals surface area contributed by atoms with Crippen LogP contribution in [0.3, 0.4) is 0 Å². The van der Waals surface area contributed by atoms with Crippen molar-refractivity contribution in [3.63, 3.8) is 0 Å². The molecule has 0 spiro atoms. The summed E-state index contributed by atoms with van der Waals surface area (Å²) in [6.07, 6.45) is 1.41. The van der Waals surface area contributed by atoms with Gasteiger partial charge in [-0.25, -0.2) is 0 Å². The molecule has 6 heteroatoms. The lowest BCUT2D eigenvalue weighted by atomic mass is 10.1. The highest BCUT2D eigenvalue weighted by Crippen LogP contribution is 2.17. The lowest BCUT2D eigenvalue weighted by Crippen LogP contribution is -2.28. The molecule has 5 nitrogen and oxygen atoms in total. The van der Waals surface area contributed by atoms with Gasteiger partial charge in [0.15, 0.2) is 0 Å². The van der Waals surface area contributed by atoms with Crippen LogP contribution in [0.1, 0.15) is 24.1 Å². The van der Waals surface area contributed by atoms with Crippen LogP contribution in [0, 0.1) is 11.3 Å². The summed E-state index contributed by atoms with van der Waals surface area (Å²) in [5.41, 5.74) is 1.88. The van der Waals surface area contributed by atoms with Gasteiger partial charge >= 0.3 is 0 Å². The smallest absolute Gasteiger partial charge is 0.263 e. The van der Waals surface area contributed by atoms with Gasteiger partial charge in [0.1, 0.15) is 17.4 Å². The van der Waals surface area contributed by atoms with Crippen LogP contribution < -0.4 is 15.4 Å². The number of amides is 1. The molecule has 2 aromatic rings. The molecule has 2 aromatic carbocycles. The van der Waals surface area contributed by atoms with Gasteiger partial charge in [-0.3, -0.25) is 4.79 Å². The molecule has 1 unspecified atom stereocenters. The summed E-state index contributed by atoms with van der Waals surface area (Å²) >= 11 is 5.93. The molecule has 0 aliphatic carbocycles. The molecule has 0 bridgehead atoms. The predicted molar refractivity (Wildman–Crippen MR) is 102 cm³/mol. The van der Waals surface area contributed by atoms with E-state index in [1.54, 1.807) is 13.2 Å². The van der Waals surface area contributed by atoms with Gasteiger partial charge in [0, 0.05) is 17.8 Å². The first-order valence-corrected chi connectivity index (χ1v) is 8.44. The number of ether oxygens (including phenoxy) is 1. The number of methoxy groups -OCH3 is 1. The molecule has 0 saturated heterocycles. The van der Waals surface area contributed by atoms with E-state index in [9.17, 15) is 10.1 Å². The third-order valence-corrected chi connectivity index (χ3v) is 4.01. The van der Waals surface area contributed by atoms with E-state index in [4.69, 9.17) is 16.3 Å². The van der Waals surface area contributed by atoms with Crippen molar-refractivity contribution < 1.29 is 9.53 Å². The Kier molecular flexibility index (Phi) is 7.07. The fraction of sp³-hybridized carbons (Fsp3) is 0.200. The number of nitrogens with zero attached hydrogens (tertiary/aromatic N) is 1. The first kappa shape index (κ1) is 19.4. The number of benzene rings is 2. The van der Waals surface area contributed by atoms with Gasteiger partial charge in [0.05, 0.1) is 13.2 Å². The van der Waals surface area contributed by atoms with Crippen molar-refractivity contribution in [1.82, 2.24) is 10.6 Å². The van der Waals surface area contributed by atoms with Crippen LogP contribution in [0.5, 0.6) is 5.75 Å². The molecule has 2 rings (SSSR count). The Morgan fingerprint density at radius 1 is 1.31 bits per heavy atom. The van der Waals surface area contributed by atoms with Gasteiger partial charge in [-0.05, 0) is 42.3 Å². The number of carbonyl (C=O) groups is 1. The standard InChI is InChI=1S/C20H20ClN3O2/c1-14(16-6-8-19(26-2)9-7-16)24-20(25)17(11-22)13-23-12-15-4-3-5-18(21)10-15/h3-10,13-14,23H,12H2,1-2H3,(H,24,25)/b17-13-. The minimum atomic E-state index is -0.436. The molecule has 1 amide bonds. The molecule has 0 fully saturated rings. The van der Waals surface area contributed by atoms with Crippen molar-refractivity contribution in [2.24, 2.45) is 0 Å². The zero-order valence-corrected chi connectivity index (χ0v) is 15.4. The molecular formula is C20H20ClN3O2. The van der Waals surface area contributed by atoms with Crippen LogP contribution in [-0.4, -0.2) is 13.0 Å². The minimum absolute atomic E-state index is 0.00684. The van der Waals surface area contributed by atoms with E-state index in [2.05, 4.69) is 10.6 Å². The summed E-state index contributed by atoms with van der Waals surface area (Å²) in [6, 6.07) is 16.4. The summed E-state index contributed by atoms with van der Waals surface area (Å²) in [5.74, 6) is 0.310. The molecule has 134 valence electrons. The molecule has 26 heavy (non-hydrogen) atoms. The largest absolute Gasteiger partial charge is 0.497 e. The average Bonchev–Trinajstić information content (AvgIpc) is 2.65. The summed E-state index contributed by atoms with van der Waals surface area (Å²) < 4.78 is 5.12. The quantitative estimate of drug-likeness (QED) is 0.576. The Balaban J connectivity index is 1.95. The van der Waals surface area contributed by atoms with Crippen molar-refractivity contribution in [2.45, 2.75) is 19.5 Å². The van der Waals surface area contributed by atoms with E-state index in [0.717, 1.165) is 16.9 Å². The highest BCUT2D eigenvalue weighted by atomic mass is 35.5. The molecule has 2 N–H and O–H groups in total. The van der Waals surface area contributed by atoms with Crippen LogP contribution in [0.4, 0.5) is 0 Å². The Hall–Kier alpha value is -2.97. The maximum atomic E-state index is 12.3. The molecule has 0 aliphatic heterocycles. The second kappa shape index (κ2) is 9.50. The number of halogens is 1. The molecule has 1 atom stereocenters. The first-order chi connectivity index (χ1) is 12.5. The van der Waals surface area contributed by atoms with Crippen LogP contribution in [0.15, 0.2) is 60.3 Å². The van der Waals surface area contributed by atoms with E-state index in [1.807, 2.05) is 55.5 Å². The topological polar surface area (TPSA) is 74.1 Å². The van der Waals surface area contributed by atoms with Crippen LogP contribution in [-0.2, 0) is 11.3 Å². The molecule has 0 saturated carbocycles. The third-order valence-electron chi connectivity index (χ3n) is 3.77. The monoisotopic (exact) mass is 369 g/mol. The SMILES string of the molecule is COc1ccc(C(C)NC(=O)/C(C#N)=C\NCc2cccc(Cl)c2)cc1. The van der Waals surface area contributed by atoms with Crippen molar-refractivity contribution in [3.8, 4) is 11.8 Å². The van der Waals surface area contributed by atoms with Crippen molar-refractivity contribution in [3.05, 3.63) is 76.5 Å². The normalized spacial score (nSPS) is 12.0.